The van der Waals surface area contributed by atoms with Crippen molar-refractivity contribution in [3.63, 3.8) is 0 Å². The second-order valence-corrected chi connectivity index (χ2v) is 3.61. The maximum Gasteiger partial charge on any atom is 0.269 e. The van der Waals surface area contributed by atoms with Crippen LogP contribution < -0.4 is 5.32 Å². The maximum absolute atomic E-state index is 10.5. The zero-order valence-corrected chi connectivity index (χ0v) is 9.09. The SMILES string of the molecule is O=[N+]([O-])c1ccc(CNCc2ccn[nH]2)cc1. The summed E-state index contributed by atoms with van der Waals surface area (Å²) < 4.78 is 0. The van der Waals surface area contributed by atoms with Crippen molar-refractivity contribution in [2.24, 2.45) is 0 Å². The monoisotopic (exact) mass is 232 g/mol. The van der Waals surface area contributed by atoms with Crippen LogP contribution in [0.3, 0.4) is 0 Å². The van der Waals surface area contributed by atoms with Gasteiger partial charge in [-0.15, -0.1) is 0 Å². The van der Waals surface area contributed by atoms with Gasteiger partial charge in [0, 0.05) is 37.1 Å². The minimum Gasteiger partial charge on any atom is -0.307 e. The molecule has 88 valence electrons. The summed E-state index contributed by atoms with van der Waals surface area (Å²) in [6.07, 6.45) is 1.70. The molecule has 0 atom stereocenters. The van der Waals surface area contributed by atoms with E-state index in [1.807, 2.05) is 6.07 Å². The molecule has 6 heteroatoms. The molecule has 0 bridgehead atoms. The van der Waals surface area contributed by atoms with Crippen LogP contribution >= 0.6 is 0 Å². The largest absolute Gasteiger partial charge is 0.307 e. The van der Waals surface area contributed by atoms with Crippen molar-refractivity contribution in [3.05, 3.63) is 57.9 Å². The number of aromatic amines is 1. The second-order valence-electron chi connectivity index (χ2n) is 3.61. The lowest BCUT2D eigenvalue weighted by Gasteiger charge is -2.02. The summed E-state index contributed by atoms with van der Waals surface area (Å²) >= 11 is 0. The van der Waals surface area contributed by atoms with Gasteiger partial charge in [-0.3, -0.25) is 15.2 Å². The predicted molar refractivity (Wildman–Crippen MR) is 62.2 cm³/mol. The molecule has 2 aromatic rings. The van der Waals surface area contributed by atoms with E-state index in [0.29, 0.717) is 13.1 Å². The van der Waals surface area contributed by atoms with Gasteiger partial charge in [-0.25, -0.2) is 0 Å². The lowest BCUT2D eigenvalue weighted by atomic mass is 10.2. The fourth-order valence-electron chi connectivity index (χ4n) is 1.46. The number of hydrogen-bond acceptors (Lipinski definition) is 4. The molecule has 0 saturated heterocycles. The Labute approximate surface area is 97.8 Å². The first kappa shape index (κ1) is 11.3. The number of hydrogen-bond donors (Lipinski definition) is 2. The normalized spacial score (nSPS) is 10.4. The van der Waals surface area contributed by atoms with Crippen LogP contribution in [0.2, 0.25) is 0 Å². The van der Waals surface area contributed by atoms with Crippen LogP contribution in [0.25, 0.3) is 0 Å². The summed E-state index contributed by atoms with van der Waals surface area (Å²) in [5, 5.41) is 20.4. The summed E-state index contributed by atoms with van der Waals surface area (Å²) in [6.45, 7) is 1.36. The van der Waals surface area contributed by atoms with Crippen LogP contribution in [0.1, 0.15) is 11.3 Å². The highest BCUT2D eigenvalue weighted by molar-refractivity contribution is 5.32. The fourth-order valence-corrected chi connectivity index (χ4v) is 1.46. The van der Waals surface area contributed by atoms with Crippen molar-refractivity contribution in [3.8, 4) is 0 Å². The van der Waals surface area contributed by atoms with E-state index >= 15 is 0 Å². The van der Waals surface area contributed by atoms with Crippen molar-refractivity contribution < 1.29 is 4.92 Å². The highest BCUT2D eigenvalue weighted by Crippen LogP contribution is 2.11. The lowest BCUT2D eigenvalue weighted by molar-refractivity contribution is -0.384. The van der Waals surface area contributed by atoms with Crippen LogP contribution in [-0.4, -0.2) is 15.1 Å². The third-order valence-electron chi connectivity index (χ3n) is 2.35. The van der Waals surface area contributed by atoms with Gasteiger partial charge in [0.25, 0.3) is 5.69 Å². The first-order valence-electron chi connectivity index (χ1n) is 5.18. The molecule has 0 amide bonds. The minimum atomic E-state index is -0.401. The Balaban J connectivity index is 1.85. The van der Waals surface area contributed by atoms with E-state index in [1.165, 1.54) is 12.1 Å². The molecule has 1 aromatic carbocycles. The first-order valence-corrected chi connectivity index (χ1v) is 5.18. The topological polar surface area (TPSA) is 83.8 Å². The highest BCUT2D eigenvalue weighted by atomic mass is 16.6. The van der Waals surface area contributed by atoms with Crippen LogP contribution in [0.15, 0.2) is 36.5 Å². The van der Waals surface area contributed by atoms with Crippen LogP contribution in [0.4, 0.5) is 5.69 Å². The van der Waals surface area contributed by atoms with Crippen LogP contribution in [0.5, 0.6) is 0 Å². The molecular weight excluding hydrogens is 220 g/mol. The Kier molecular flexibility index (Phi) is 3.46. The quantitative estimate of drug-likeness (QED) is 0.606. The molecule has 0 radical (unpaired) electrons. The zero-order chi connectivity index (χ0) is 12.1. The summed E-state index contributed by atoms with van der Waals surface area (Å²) in [4.78, 5) is 10.1. The highest BCUT2D eigenvalue weighted by Gasteiger charge is 2.03. The van der Waals surface area contributed by atoms with Gasteiger partial charge in [0.2, 0.25) is 0 Å². The van der Waals surface area contributed by atoms with E-state index in [4.69, 9.17) is 0 Å². The standard InChI is InChI=1S/C11H12N4O2/c16-15(17)11-3-1-9(2-4-11)7-12-8-10-5-6-13-14-10/h1-6,12H,7-8H2,(H,13,14). The summed E-state index contributed by atoms with van der Waals surface area (Å²) in [6, 6.07) is 8.40. The van der Waals surface area contributed by atoms with Gasteiger partial charge in [0.05, 0.1) is 4.92 Å². The maximum atomic E-state index is 10.5. The number of non-ortho nitro benzene ring substituents is 1. The Hall–Kier alpha value is -2.21. The molecule has 0 unspecified atom stereocenters. The van der Waals surface area contributed by atoms with Gasteiger partial charge >= 0.3 is 0 Å². The van der Waals surface area contributed by atoms with Gasteiger partial charge in [0.15, 0.2) is 0 Å². The summed E-state index contributed by atoms with van der Waals surface area (Å²) in [7, 11) is 0. The Morgan fingerprint density at radius 2 is 2.00 bits per heavy atom. The predicted octanol–water partition coefficient (Wildman–Crippen LogP) is 1.61. The molecule has 2 N–H and O–H groups in total. The minimum absolute atomic E-state index is 0.113. The molecular formula is C11H12N4O2. The van der Waals surface area contributed by atoms with Crippen LogP contribution in [-0.2, 0) is 13.1 Å². The molecule has 1 heterocycles. The van der Waals surface area contributed by atoms with Gasteiger partial charge in [-0.1, -0.05) is 12.1 Å². The summed E-state index contributed by atoms with van der Waals surface area (Å²) in [5.74, 6) is 0. The molecule has 0 saturated carbocycles. The van der Waals surface area contributed by atoms with Crippen molar-refractivity contribution in [1.29, 1.82) is 0 Å². The van der Waals surface area contributed by atoms with Crippen molar-refractivity contribution in [1.82, 2.24) is 15.5 Å². The van der Waals surface area contributed by atoms with Crippen molar-refractivity contribution in [2.75, 3.05) is 0 Å². The lowest BCUT2D eigenvalue weighted by Crippen LogP contribution is -2.12. The zero-order valence-electron chi connectivity index (χ0n) is 9.09. The number of nitrogens with one attached hydrogen (secondary N) is 2. The molecule has 2 rings (SSSR count). The second kappa shape index (κ2) is 5.22. The van der Waals surface area contributed by atoms with E-state index in [0.717, 1.165) is 11.3 Å². The molecule has 0 fully saturated rings. The number of nitro groups is 1. The Morgan fingerprint density at radius 1 is 1.24 bits per heavy atom. The number of rotatable bonds is 5. The Bertz CT molecular complexity index is 479. The molecule has 6 nitrogen and oxygen atoms in total. The molecule has 0 spiro atoms. The molecule has 0 aliphatic rings. The van der Waals surface area contributed by atoms with Gasteiger partial charge in [0.1, 0.15) is 0 Å². The number of benzene rings is 1. The van der Waals surface area contributed by atoms with Gasteiger partial charge in [-0.2, -0.15) is 5.10 Å². The number of nitro benzene ring substituents is 1. The molecule has 1 aromatic heterocycles. The van der Waals surface area contributed by atoms with E-state index in [1.54, 1.807) is 18.3 Å². The number of H-pyrrole nitrogens is 1. The summed E-state index contributed by atoms with van der Waals surface area (Å²) in [5.41, 5.74) is 2.13. The van der Waals surface area contributed by atoms with E-state index in [-0.39, 0.29) is 5.69 Å². The fraction of sp³-hybridized carbons (Fsp3) is 0.182. The molecule has 0 aliphatic carbocycles. The first-order chi connectivity index (χ1) is 8.25. The van der Waals surface area contributed by atoms with E-state index in [9.17, 15) is 10.1 Å². The third kappa shape index (κ3) is 3.12. The number of nitrogens with zero attached hydrogens (tertiary/aromatic N) is 2. The van der Waals surface area contributed by atoms with E-state index < -0.39 is 4.92 Å². The smallest absolute Gasteiger partial charge is 0.269 e. The molecule has 0 aliphatic heterocycles. The molecule has 17 heavy (non-hydrogen) atoms. The average Bonchev–Trinajstić information content (AvgIpc) is 2.83. The van der Waals surface area contributed by atoms with Crippen molar-refractivity contribution in [2.45, 2.75) is 13.1 Å². The van der Waals surface area contributed by atoms with Gasteiger partial charge in [-0.05, 0) is 11.6 Å². The van der Waals surface area contributed by atoms with E-state index in [2.05, 4.69) is 15.5 Å². The van der Waals surface area contributed by atoms with Crippen LogP contribution in [0, 0.1) is 10.1 Å². The van der Waals surface area contributed by atoms with Crippen molar-refractivity contribution >= 4 is 5.69 Å². The van der Waals surface area contributed by atoms with Gasteiger partial charge < -0.3 is 5.32 Å². The third-order valence-corrected chi connectivity index (χ3v) is 2.35. The average molecular weight is 232 g/mol. The number of aromatic nitrogens is 2. The Morgan fingerprint density at radius 3 is 2.59 bits per heavy atom.